The molecule has 1 aliphatic heterocycles. The van der Waals surface area contributed by atoms with Crippen LogP contribution < -0.4 is 0 Å². The van der Waals surface area contributed by atoms with E-state index in [0.717, 1.165) is 19.5 Å². The van der Waals surface area contributed by atoms with Crippen molar-refractivity contribution in [2.75, 3.05) is 20.1 Å². The van der Waals surface area contributed by atoms with Gasteiger partial charge in [0.15, 0.2) is 0 Å². The number of para-hydroxylation sites is 1. The summed E-state index contributed by atoms with van der Waals surface area (Å²) < 4.78 is 2.07. The Kier molecular flexibility index (Phi) is 2.26. The van der Waals surface area contributed by atoms with Gasteiger partial charge in [0.2, 0.25) is 0 Å². The van der Waals surface area contributed by atoms with Crippen LogP contribution in [0.3, 0.4) is 0 Å². The van der Waals surface area contributed by atoms with Crippen LogP contribution in [0.1, 0.15) is 6.42 Å². The largest absolute Gasteiger partial charge is 0.302 e. The standard InChI is InChI=1S/C13H15N3/c1-15-8-6-12(7-9-15)16-13-5-3-2-4-11(13)10-14-16/h2-6,10H,7-9H2,1H3. The number of hydrogen-bond acceptors (Lipinski definition) is 2. The van der Waals surface area contributed by atoms with Crippen molar-refractivity contribution in [3.05, 3.63) is 36.5 Å². The second-order valence-corrected chi connectivity index (χ2v) is 4.32. The summed E-state index contributed by atoms with van der Waals surface area (Å²) in [6.45, 7) is 2.13. The molecule has 0 aliphatic carbocycles. The van der Waals surface area contributed by atoms with E-state index in [1.807, 2.05) is 6.20 Å². The summed E-state index contributed by atoms with van der Waals surface area (Å²) in [5, 5.41) is 5.68. The number of hydrogen-bond donors (Lipinski definition) is 0. The van der Waals surface area contributed by atoms with E-state index in [4.69, 9.17) is 0 Å². The molecule has 2 heterocycles. The summed E-state index contributed by atoms with van der Waals surface area (Å²) in [5.41, 5.74) is 2.53. The highest BCUT2D eigenvalue weighted by atomic mass is 15.3. The molecule has 0 saturated heterocycles. The van der Waals surface area contributed by atoms with Crippen LogP contribution in [-0.2, 0) is 0 Å². The minimum Gasteiger partial charge on any atom is -0.302 e. The van der Waals surface area contributed by atoms with Gasteiger partial charge in [-0.3, -0.25) is 0 Å². The fourth-order valence-electron chi connectivity index (χ4n) is 2.15. The zero-order valence-electron chi connectivity index (χ0n) is 9.43. The highest BCUT2D eigenvalue weighted by molar-refractivity contribution is 5.81. The molecule has 0 atom stereocenters. The molecule has 0 spiro atoms. The van der Waals surface area contributed by atoms with E-state index in [0.29, 0.717) is 0 Å². The molecule has 0 amide bonds. The van der Waals surface area contributed by atoms with Gasteiger partial charge in [-0.25, -0.2) is 4.68 Å². The molecular formula is C13H15N3. The number of nitrogens with zero attached hydrogens (tertiary/aromatic N) is 3. The van der Waals surface area contributed by atoms with Crippen LogP contribution in [0.2, 0.25) is 0 Å². The molecule has 3 heteroatoms. The monoisotopic (exact) mass is 213 g/mol. The molecule has 2 aromatic rings. The lowest BCUT2D eigenvalue weighted by Crippen LogP contribution is -2.25. The first-order valence-electron chi connectivity index (χ1n) is 5.65. The van der Waals surface area contributed by atoms with E-state index < -0.39 is 0 Å². The lowest BCUT2D eigenvalue weighted by atomic mass is 10.2. The minimum atomic E-state index is 1.02. The first-order valence-corrected chi connectivity index (χ1v) is 5.65. The summed E-state index contributed by atoms with van der Waals surface area (Å²) in [6, 6.07) is 8.35. The molecule has 0 saturated carbocycles. The first kappa shape index (κ1) is 9.60. The van der Waals surface area contributed by atoms with Crippen LogP contribution in [0, 0.1) is 0 Å². The van der Waals surface area contributed by atoms with Crippen molar-refractivity contribution in [1.82, 2.24) is 14.7 Å². The summed E-state index contributed by atoms with van der Waals surface area (Å²) >= 11 is 0. The Bertz CT molecular complexity index is 539. The maximum Gasteiger partial charge on any atom is 0.0737 e. The van der Waals surface area contributed by atoms with Crippen LogP contribution in [0.15, 0.2) is 36.5 Å². The molecule has 1 aromatic carbocycles. The molecule has 0 unspecified atom stereocenters. The van der Waals surface area contributed by atoms with E-state index in [-0.39, 0.29) is 0 Å². The second kappa shape index (κ2) is 3.76. The van der Waals surface area contributed by atoms with E-state index in [1.165, 1.54) is 16.6 Å². The molecule has 82 valence electrons. The number of likely N-dealkylation sites (N-methyl/N-ethyl adjacent to an activating group) is 1. The Morgan fingerprint density at radius 1 is 1.25 bits per heavy atom. The molecule has 0 radical (unpaired) electrons. The molecule has 3 rings (SSSR count). The Hall–Kier alpha value is -1.61. The van der Waals surface area contributed by atoms with Crippen molar-refractivity contribution in [1.29, 1.82) is 0 Å². The van der Waals surface area contributed by atoms with Gasteiger partial charge in [0.05, 0.1) is 11.7 Å². The van der Waals surface area contributed by atoms with Gasteiger partial charge in [0.1, 0.15) is 0 Å². The van der Waals surface area contributed by atoms with Crippen molar-refractivity contribution in [3.8, 4) is 0 Å². The van der Waals surface area contributed by atoms with E-state index in [9.17, 15) is 0 Å². The number of aromatic nitrogens is 2. The summed E-state index contributed by atoms with van der Waals surface area (Å²) in [7, 11) is 2.15. The molecule has 0 fully saturated rings. The van der Waals surface area contributed by atoms with Gasteiger partial charge in [-0.1, -0.05) is 18.2 Å². The molecular weight excluding hydrogens is 198 g/mol. The molecule has 0 bridgehead atoms. The predicted molar refractivity (Wildman–Crippen MR) is 66.1 cm³/mol. The van der Waals surface area contributed by atoms with Crippen molar-refractivity contribution < 1.29 is 0 Å². The van der Waals surface area contributed by atoms with E-state index in [1.54, 1.807) is 0 Å². The highest BCUT2D eigenvalue weighted by Gasteiger charge is 2.11. The summed E-state index contributed by atoms with van der Waals surface area (Å²) in [5.74, 6) is 0. The predicted octanol–water partition coefficient (Wildman–Crippen LogP) is 2.21. The van der Waals surface area contributed by atoms with Gasteiger partial charge in [0.25, 0.3) is 0 Å². The number of rotatable bonds is 1. The van der Waals surface area contributed by atoms with Gasteiger partial charge in [0, 0.05) is 30.6 Å². The van der Waals surface area contributed by atoms with Gasteiger partial charge < -0.3 is 4.90 Å². The van der Waals surface area contributed by atoms with Crippen LogP contribution in [0.4, 0.5) is 0 Å². The van der Waals surface area contributed by atoms with E-state index >= 15 is 0 Å². The Morgan fingerprint density at radius 2 is 2.12 bits per heavy atom. The second-order valence-electron chi connectivity index (χ2n) is 4.32. The lowest BCUT2D eigenvalue weighted by molar-refractivity contribution is 0.366. The van der Waals surface area contributed by atoms with Crippen molar-refractivity contribution in [2.24, 2.45) is 0 Å². The quantitative estimate of drug-likeness (QED) is 0.724. The highest BCUT2D eigenvalue weighted by Crippen LogP contribution is 2.20. The summed E-state index contributed by atoms with van der Waals surface area (Å²) in [6.07, 6.45) is 5.28. The SMILES string of the molecule is CN1CC=C(n2ncc3ccccc32)CC1. The van der Waals surface area contributed by atoms with Gasteiger partial charge in [-0.05, 0) is 19.2 Å². The van der Waals surface area contributed by atoms with Crippen molar-refractivity contribution >= 4 is 16.6 Å². The third-order valence-electron chi connectivity index (χ3n) is 3.14. The topological polar surface area (TPSA) is 21.1 Å². The third-order valence-corrected chi connectivity index (χ3v) is 3.14. The fraction of sp³-hybridized carbons (Fsp3) is 0.308. The van der Waals surface area contributed by atoms with Crippen LogP contribution in [0.25, 0.3) is 16.6 Å². The zero-order valence-corrected chi connectivity index (χ0v) is 9.43. The van der Waals surface area contributed by atoms with E-state index in [2.05, 4.69) is 52.1 Å². The minimum absolute atomic E-state index is 1.02. The Labute approximate surface area is 95.0 Å². The molecule has 16 heavy (non-hydrogen) atoms. The van der Waals surface area contributed by atoms with Crippen LogP contribution in [0.5, 0.6) is 0 Å². The van der Waals surface area contributed by atoms with Crippen molar-refractivity contribution in [2.45, 2.75) is 6.42 Å². The smallest absolute Gasteiger partial charge is 0.0737 e. The van der Waals surface area contributed by atoms with Gasteiger partial charge in [-0.15, -0.1) is 0 Å². The fourth-order valence-corrected chi connectivity index (χ4v) is 2.15. The molecule has 3 nitrogen and oxygen atoms in total. The number of benzene rings is 1. The summed E-state index contributed by atoms with van der Waals surface area (Å²) in [4.78, 5) is 2.31. The van der Waals surface area contributed by atoms with Gasteiger partial charge >= 0.3 is 0 Å². The average molecular weight is 213 g/mol. The Balaban J connectivity index is 2.06. The lowest BCUT2D eigenvalue weighted by Gasteiger charge is -2.22. The van der Waals surface area contributed by atoms with Crippen LogP contribution in [-0.4, -0.2) is 34.8 Å². The van der Waals surface area contributed by atoms with Crippen molar-refractivity contribution in [3.63, 3.8) is 0 Å². The maximum atomic E-state index is 4.47. The number of fused-ring (bicyclic) bond motifs is 1. The molecule has 1 aromatic heterocycles. The zero-order chi connectivity index (χ0) is 11.0. The normalized spacial score (nSPS) is 17.7. The first-order chi connectivity index (χ1) is 7.84. The third kappa shape index (κ3) is 1.53. The average Bonchev–Trinajstić information content (AvgIpc) is 2.74. The van der Waals surface area contributed by atoms with Crippen LogP contribution >= 0.6 is 0 Å². The maximum absolute atomic E-state index is 4.47. The molecule has 1 aliphatic rings. The Morgan fingerprint density at radius 3 is 2.94 bits per heavy atom. The molecule has 0 N–H and O–H groups in total. The van der Waals surface area contributed by atoms with Gasteiger partial charge in [-0.2, -0.15) is 5.10 Å².